The average Bonchev–Trinajstić information content (AvgIpc) is 3.27. The van der Waals surface area contributed by atoms with E-state index in [2.05, 4.69) is 103 Å². The highest BCUT2D eigenvalue weighted by Gasteiger charge is 2.34. The summed E-state index contributed by atoms with van der Waals surface area (Å²) in [6, 6.07) is 14.0. The number of benzene rings is 3. The Morgan fingerprint density at radius 2 is 1.61 bits per heavy atom. The Morgan fingerprint density at radius 3 is 2.33 bits per heavy atom. The van der Waals surface area contributed by atoms with Crippen molar-refractivity contribution in [3.63, 3.8) is 0 Å². The van der Waals surface area contributed by atoms with Crippen LogP contribution in [0.15, 0.2) is 63.1 Å². The second kappa shape index (κ2) is 7.86. The summed E-state index contributed by atoms with van der Waals surface area (Å²) in [5.74, 6) is 0. The van der Waals surface area contributed by atoms with Gasteiger partial charge in [0, 0.05) is 32.2 Å². The van der Waals surface area contributed by atoms with Crippen LogP contribution in [-0.4, -0.2) is 0 Å². The number of nitrogens with zero attached hydrogens (tertiary/aromatic N) is 1. The first-order chi connectivity index (χ1) is 16.9. The van der Waals surface area contributed by atoms with Gasteiger partial charge in [0.25, 0.3) is 0 Å². The SMILES string of the molecule is Cc1c2c(c(CC(C)(C)C)c3ccoc13)Sc1cc3ccc(CC(C)(C)C)cc3c3cc[n+](C)c-2c13. The zero-order chi connectivity index (χ0) is 25.6. The minimum Gasteiger partial charge on any atom is -0.464 e. The molecule has 0 radical (unpaired) electrons. The smallest absolute Gasteiger partial charge is 0.222 e. The second-order valence-corrected chi connectivity index (χ2v) is 14.1. The van der Waals surface area contributed by atoms with Crippen molar-refractivity contribution in [1.82, 2.24) is 0 Å². The molecule has 2 aromatic heterocycles. The highest BCUT2D eigenvalue weighted by Crippen LogP contribution is 2.53. The van der Waals surface area contributed by atoms with Gasteiger partial charge in [-0.15, -0.1) is 0 Å². The van der Waals surface area contributed by atoms with Gasteiger partial charge >= 0.3 is 0 Å². The van der Waals surface area contributed by atoms with E-state index in [1.54, 1.807) is 0 Å². The predicted octanol–water partition coefficient (Wildman–Crippen LogP) is 9.18. The zero-order valence-corrected chi connectivity index (χ0v) is 23.6. The summed E-state index contributed by atoms with van der Waals surface area (Å²) in [5.41, 5.74) is 8.18. The number of hydrogen-bond acceptors (Lipinski definition) is 2. The van der Waals surface area contributed by atoms with Gasteiger partial charge in [-0.3, -0.25) is 0 Å². The first-order valence-electron chi connectivity index (χ1n) is 13.0. The molecule has 0 saturated carbocycles. The quantitative estimate of drug-likeness (QED) is 0.176. The highest BCUT2D eigenvalue weighted by atomic mass is 32.2. The number of pyridine rings is 1. The van der Waals surface area contributed by atoms with Gasteiger partial charge in [-0.25, -0.2) is 4.57 Å². The van der Waals surface area contributed by atoms with E-state index in [0.717, 1.165) is 18.4 Å². The maximum atomic E-state index is 6.11. The number of furan rings is 1. The van der Waals surface area contributed by atoms with Crippen molar-refractivity contribution in [1.29, 1.82) is 0 Å². The van der Waals surface area contributed by atoms with Crippen LogP contribution in [0.5, 0.6) is 0 Å². The van der Waals surface area contributed by atoms with E-state index >= 15 is 0 Å². The molecule has 1 aliphatic rings. The number of hydrogen-bond donors (Lipinski definition) is 0. The van der Waals surface area contributed by atoms with Gasteiger partial charge in [0.2, 0.25) is 5.69 Å². The molecule has 3 heteroatoms. The van der Waals surface area contributed by atoms with Gasteiger partial charge in [0.1, 0.15) is 12.6 Å². The van der Waals surface area contributed by atoms with Gasteiger partial charge in [0.05, 0.1) is 17.2 Å². The summed E-state index contributed by atoms with van der Waals surface area (Å²) in [6.07, 6.45) is 6.19. The van der Waals surface area contributed by atoms with Crippen LogP contribution < -0.4 is 4.57 Å². The maximum Gasteiger partial charge on any atom is 0.222 e. The number of fused-ring (bicyclic) bond motifs is 5. The third-order valence-corrected chi connectivity index (χ3v) is 8.56. The van der Waals surface area contributed by atoms with Crippen molar-refractivity contribution in [3.8, 4) is 11.3 Å². The summed E-state index contributed by atoms with van der Waals surface area (Å²) in [6.45, 7) is 16.2. The lowest BCUT2D eigenvalue weighted by atomic mass is 9.84. The van der Waals surface area contributed by atoms with Crippen molar-refractivity contribution >= 4 is 44.3 Å². The van der Waals surface area contributed by atoms with Crippen molar-refractivity contribution in [2.75, 3.05) is 0 Å². The van der Waals surface area contributed by atoms with Crippen molar-refractivity contribution in [2.45, 2.75) is 71.1 Å². The molecule has 0 fully saturated rings. The number of rotatable bonds is 2. The minimum atomic E-state index is 0.176. The number of aryl methyl sites for hydroxylation is 2. The normalized spacial score (nSPS) is 13.7. The van der Waals surface area contributed by atoms with E-state index in [-0.39, 0.29) is 10.8 Å². The summed E-state index contributed by atoms with van der Waals surface area (Å²) in [7, 11) is 2.19. The van der Waals surface area contributed by atoms with Gasteiger partial charge in [-0.05, 0) is 64.6 Å². The molecule has 0 atom stereocenters. The molecule has 184 valence electrons. The minimum absolute atomic E-state index is 0.176. The summed E-state index contributed by atoms with van der Waals surface area (Å²) >= 11 is 1.96. The Labute approximate surface area is 218 Å². The van der Waals surface area contributed by atoms with E-state index in [4.69, 9.17) is 4.42 Å². The van der Waals surface area contributed by atoms with Crippen LogP contribution in [0.1, 0.15) is 58.2 Å². The second-order valence-electron chi connectivity index (χ2n) is 13.0. The Morgan fingerprint density at radius 1 is 0.861 bits per heavy atom. The molecule has 5 aromatic rings. The Kier molecular flexibility index (Phi) is 5.15. The van der Waals surface area contributed by atoms with E-state index < -0.39 is 0 Å². The largest absolute Gasteiger partial charge is 0.464 e. The van der Waals surface area contributed by atoms with Crippen molar-refractivity contribution in [2.24, 2.45) is 17.9 Å². The zero-order valence-electron chi connectivity index (χ0n) is 22.8. The van der Waals surface area contributed by atoms with Crippen LogP contribution >= 0.6 is 11.8 Å². The molecule has 3 aromatic carbocycles. The summed E-state index contributed by atoms with van der Waals surface area (Å²) < 4.78 is 8.42. The third-order valence-electron chi connectivity index (χ3n) is 7.36. The summed E-state index contributed by atoms with van der Waals surface area (Å²) in [4.78, 5) is 2.76. The van der Waals surface area contributed by atoms with E-state index in [1.807, 2.05) is 18.0 Å². The van der Waals surface area contributed by atoms with E-state index in [0.29, 0.717) is 0 Å². The monoisotopic (exact) mass is 494 g/mol. The summed E-state index contributed by atoms with van der Waals surface area (Å²) in [5, 5.41) is 6.66. The molecule has 0 saturated heterocycles. The van der Waals surface area contributed by atoms with Crippen LogP contribution in [0.2, 0.25) is 0 Å². The molecule has 0 spiro atoms. The van der Waals surface area contributed by atoms with E-state index in [9.17, 15) is 0 Å². The van der Waals surface area contributed by atoms with Crippen molar-refractivity contribution in [3.05, 3.63) is 65.5 Å². The molecule has 0 bridgehead atoms. The Bertz CT molecular complexity index is 1690. The maximum absolute atomic E-state index is 6.11. The first kappa shape index (κ1) is 23.6. The van der Waals surface area contributed by atoms with Gasteiger partial charge in [-0.2, -0.15) is 0 Å². The topological polar surface area (TPSA) is 17.0 Å². The Hall–Kier alpha value is -2.78. The lowest BCUT2D eigenvalue weighted by Gasteiger charge is -2.27. The Balaban J connectivity index is 1.71. The molecule has 6 rings (SSSR count). The van der Waals surface area contributed by atoms with Crippen LogP contribution in [0.4, 0.5) is 0 Å². The fraction of sp³-hybridized carbons (Fsp3) is 0.364. The fourth-order valence-electron chi connectivity index (χ4n) is 6.01. The van der Waals surface area contributed by atoms with Gasteiger partial charge in [-0.1, -0.05) is 71.5 Å². The van der Waals surface area contributed by atoms with Crippen molar-refractivity contribution < 1.29 is 8.98 Å². The van der Waals surface area contributed by atoms with Crippen LogP contribution in [-0.2, 0) is 19.9 Å². The van der Waals surface area contributed by atoms with Crippen LogP contribution in [0.3, 0.4) is 0 Å². The molecule has 0 amide bonds. The molecular weight excluding hydrogens is 458 g/mol. The molecule has 3 heterocycles. The molecular formula is C33H36NOS+. The van der Waals surface area contributed by atoms with Crippen LogP contribution in [0, 0.1) is 17.8 Å². The first-order valence-corrected chi connectivity index (χ1v) is 13.8. The standard InChI is InChI=1S/C33H36NOS/c1-19-27-29-28-22(11-13-34(29)8)24-15-20(17-32(2,3)4)9-10-21(24)16-26(28)36-31(27)25(18-33(5,6)7)23-12-14-35-30(19)23/h9-16H,17-18H2,1-8H3/q+1. The third kappa shape index (κ3) is 3.75. The molecule has 36 heavy (non-hydrogen) atoms. The molecule has 1 aliphatic heterocycles. The van der Waals surface area contributed by atoms with E-state index in [1.165, 1.54) is 64.7 Å². The predicted molar refractivity (Wildman–Crippen MR) is 153 cm³/mol. The molecule has 0 N–H and O–H groups in total. The molecule has 0 unspecified atom stereocenters. The van der Waals surface area contributed by atoms with Crippen LogP contribution in [0.25, 0.3) is 43.8 Å². The number of aromatic nitrogens is 1. The average molecular weight is 495 g/mol. The van der Waals surface area contributed by atoms with Gasteiger partial charge in [0.15, 0.2) is 6.20 Å². The lowest BCUT2D eigenvalue weighted by molar-refractivity contribution is -0.659. The van der Waals surface area contributed by atoms with Gasteiger partial charge < -0.3 is 4.42 Å². The lowest BCUT2D eigenvalue weighted by Crippen LogP contribution is -2.32. The highest BCUT2D eigenvalue weighted by molar-refractivity contribution is 8.00. The molecule has 0 aliphatic carbocycles. The fourth-order valence-corrected chi connectivity index (χ4v) is 7.38. The molecule has 2 nitrogen and oxygen atoms in total.